The van der Waals surface area contributed by atoms with Crippen LogP contribution in [0.2, 0.25) is 5.02 Å². The minimum Gasteiger partial charge on any atom is -0.465 e. The van der Waals surface area contributed by atoms with E-state index >= 15 is 0 Å². The lowest BCUT2D eigenvalue weighted by Crippen LogP contribution is -2.34. The number of benzene rings is 3. The summed E-state index contributed by atoms with van der Waals surface area (Å²) in [7, 11) is -4.23. The first-order valence-electron chi connectivity index (χ1n) is 13.6. The Morgan fingerprint density at radius 1 is 1.05 bits per heavy atom. The van der Waals surface area contributed by atoms with Gasteiger partial charge in [0, 0.05) is 24.2 Å². The van der Waals surface area contributed by atoms with Crippen molar-refractivity contribution in [3.63, 3.8) is 0 Å². The smallest absolute Gasteiger partial charge is 0.301 e. The number of anilines is 2. The van der Waals surface area contributed by atoms with Crippen LogP contribution in [0.15, 0.2) is 90.3 Å². The van der Waals surface area contributed by atoms with E-state index < -0.39 is 33.5 Å². The predicted molar refractivity (Wildman–Crippen MR) is 167 cm³/mol. The van der Waals surface area contributed by atoms with Crippen LogP contribution in [-0.4, -0.2) is 53.4 Å². The van der Waals surface area contributed by atoms with Gasteiger partial charge in [-0.3, -0.25) is 13.3 Å². The second-order valence-corrected chi connectivity index (χ2v) is 12.6. The van der Waals surface area contributed by atoms with Gasteiger partial charge in [0.25, 0.3) is 10.1 Å². The third-order valence-corrected chi connectivity index (χ3v) is 8.30. The van der Waals surface area contributed by atoms with Crippen molar-refractivity contribution in [1.82, 2.24) is 0 Å². The first kappa shape index (κ1) is 31.0. The molecule has 0 amide bonds. The van der Waals surface area contributed by atoms with Gasteiger partial charge < -0.3 is 19.3 Å². The van der Waals surface area contributed by atoms with Gasteiger partial charge in [-0.05, 0) is 65.9 Å². The number of allylic oxidation sites excluding steroid dienone is 2. The number of hydrogen-bond donors (Lipinski definition) is 2. The van der Waals surface area contributed by atoms with Crippen molar-refractivity contribution < 1.29 is 35.4 Å². The quantitative estimate of drug-likeness (QED) is 0.137. The van der Waals surface area contributed by atoms with Crippen LogP contribution in [0.5, 0.6) is 11.5 Å². The van der Waals surface area contributed by atoms with Gasteiger partial charge in [-0.25, -0.2) is 0 Å². The van der Waals surface area contributed by atoms with Crippen LogP contribution in [0.1, 0.15) is 19.8 Å². The van der Waals surface area contributed by atoms with Gasteiger partial charge in [0.15, 0.2) is 12.0 Å². The molecule has 0 bridgehead atoms. The minimum absolute atomic E-state index is 0.0187. The van der Waals surface area contributed by atoms with E-state index in [-0.39, 0.29) is 13.2 Å². The Balaban J connectivity index is 1.45. The molecule has 2 N–H and O–H groups in total. The van der Waals surface area contributed by atoms with Crippen molar-refractivity contribution in [1.29, 1.82) is 0 Å². The molecule has 2 unspecified atom stereocenters. The highest BCUT2D eigenvalue weighted by Crippen LogP contribution is 2.43. The van der Waals surface area contributed by atoms with Gasteiger partial charge >= 0.3 is 11.4 Å². The van der Waals surface area contributed by atoms with Crippen molar-refractivity contribution in [2.45, 2.75) is 26.0 Å². The summed E-state index contributed by atoms with van der Waals surface area (Å²) in [6, 6.07) is 20.9. The summed E-state index contributed by atoms with van der Waals surface area (Å²) in [5.74, 6) is 1.15. The fourth-order valence-corrected chi connectivity index (χ4v) is 5.79. The summed E-state index contributed by atoms with van der Waals surface area (Å²) in [6.07, 6.45) is 4.32. The first-order valence-corrected chi connectivity index (χ1v) is 16.6. The second kappa shape index (κ2) is 13.5. The van der Waals surface area contributed by atoms with Crippen LogP contribution in [-0.2, 0) is 25.7 Å². The predicted octanol–water partition coefficient (Wildman–Crippen LogP) is 6.04. The summed E-state index contributed by atoms with van der Waals surface area (Å²) >= 11 is 3.93. The summed E-state index contributed by atoms with van der Waals surface area (Å²) in [5.41, 5.74) is 4.26. The maximum absolute atomic E-state index is 11.7. The molecule has 0 spiro atoms. The van der Waals surface area contributed by atoms with E-state index in [1.54, 1.807) is 23.1 Å². The number of ether oxygens (including phenoxy) is 2. The molecule has 2 aliphatic rings. The van der Waals surface area contributed by atoms with E-state index in [1.165, 1.54) is 0 Å². The van der Waals surface area contributed by atoms with E-state index in [2.05, 4.69) is 0 Å². The molecule has 0 saturated carbocycles. The van der Waals surface area contributed by atoms with E-state index in [1.807, 2.05) is 72.5 Å². The number of nitrogens with zero attached hydrogens (tertiary/aromatic N) is 2. The molecule has 0 radical (unpaired) electrons. The Hall–Kier alpha value is -3.39. The lowest BCUT2D eigenvalue weighted by Gasteiger charge is -2.24. The molecule has 228 valence electrons. The molecule has 2 atom stereocenters. The molecule has 13 heteroatoms. The fourth-order valence-electron chi connectivity index (χ4n) is 4.95. The molecule has 2 heterocycles. The van der Waals surface area contributed by atoms with Crippen LogP contribution < -0.4 is 19.3 Å². The molecule has 43 heavy (non-hydrogen) atoms. The zero-order valence-corrected chi connectivity index (χ0v) is 25.6. The fraction of sp³-hybridized carbons (Fsp3) is 0.267. The molecule has 0 aliphatic carbocycles. The van der Waals surface area contributed by atoms with Crippen LogP contribution in [0.4, 0.5) is 11.4 Å². The van der Waals surface area contributed by atoms with Gasteiger partial charge in [-0.2, -0.15) is 12.6 Å². The third kappa shape index (κ3) is 7.77. The van der Waals surface area contributed by atoms with Gasteiger partial charge in [0.1, 0.15) is 5.75 Å². The lowest BCUT2D eigenvalue weighted by atomic mass is 10.0. The summed E-state index contributed by atoms with van der Waals surface area (Å²) in [6.45, 7) is 2.50. The molecular formula is C30H31ClN2O8S2. The summed E-state index contributed by atoms with van der Waals surface area (Å²) in [5, 5.41) is 0.545. The second-order valence-electron chi connectivity index (χ2n) is 9.87. The molecular weight excluding hydrogens is 616 g/mol. The molecule has 5 rings (SSSR count). The minimum atomic E-state index is -4.23. The molecule has 0 saturated heterocycles. The standard InChI is InChI=1S/C30H31ClN2O8S2/c1-2-21(17-29-32(13-6-15-39-42(34)35)26-20-24(31)10-12-28(26)41-29)18-30-33(14-16-43(36,37)38)25-19-23(9-11-27(25)40-30)22-7-4-3-5-8-22/h3-5,7-12,17-20,29H,2,6,13-16H2,1H3,(H,34,35)(H,36,37,38). The van der Waals surface area contributed by atoms with E-state index in [0.717, 1.165) is 22.4 Å². The van der Waals surface area contributed by atoms with Crippen LogP contribution in [0.25, 0.3) is 11.1 Å². The van der Waals surface area contributed by atoms with Gasteiger partial charge in [0.05, 0.1) is 23.7 Å². The maximum Gasteiger partial charge on any atom is 0.301 e. The highest BCUT2D eigenvalue weighted by molar-refractivity contribution is 7.85. The van der Waals surface area contributed by atoms with Crippen LogP contribution in [0, 0.1) is 0 Å². The van der Waals surface area contributed by atoms with Crippen molar-refractivity contribution in [3.05, 3.63) is 95.4 Å². The first-order chi connectivity index (χ1) is 20.6. The molecule has 0 fully saturated rings. The molecule has 10 nitrogen and oxygen atoms in total. The SMILES string of the molecule is CCC(=CC1Oc2ccc(Cl)cc2N1CCCOS(=O)O)C=C1Oc2ccc(-c3ccccc3)cc2N1CCS(=O)(=O)O. The Labute approximate surface area is 258 Å². The van der Waals surface area contributed by atoms with E-state index in [4.69, 9.17) is 29.8 Å². The summed E-state index contributed by atoms with van der Waals surface area (Å²) < 4.78 is 70.0. The number of halogens is 1. The van der Waals surface area contributed by atoms with E-state index in [9.17, 15) is 17.2 Å². The largest absolute Gasteiger partial charge is 0.465 e. The number of fused-ring (bicyclic) bond motifs is 2. The topological polar surface area (TPSA) is 126 Å². The zero-order valence-electron chi connectivity index (χ0n) is 23.3. The van der Waals surface area contributed by atoms with Crippen molar-refractivity contribution in [3.8, 4) is 22.6 Å². The Morgan fingerprint density at radius 2 is 1.81 bits per heavy atom. The van der Waals surface area contributed by atoms with E-state index in [0.29, 0.717) is 47.5 Å². The van der Waals surface area contributed by atoms with Crippen molar-refractivity contribution >= 4 is 44.5 Å². The Bertz CT molecular complexity index is 1660. The van der Waals surface area contributed by atoms with Crippen molar-refractivity contribution in [2.24, 2.45) is 0 Å². The molecule has 3 aromatic rings. The monoisotopic (exact) mass is 646 g/mol. The number of hydrogen-bond acceptors (Lipinski definition) is 8. The van der Waals surface area contributed by atoms with Crippen molar-refractivity contribution in [2.75, 3.05) is 35.2 Å². The van der Waals surface area contributed by atoms with Gasteiger partial charge in [-0.1, -0.05) is 54.9 Å². The number of rotatable bonds is 12. The third-order valence-electron chi connectivity index (χ3n) is 7.00. The van der Waals surface area contributed by atoms with Crippen LogP contribution >= 0.6 is 11.6 Å². The molecule has 0 aromatic heterocycles. The highest BCUT2D eigenvalue weighted by atomic mass is 35.5. The van der Waals surface area contributed by atoms with Gasteiger partial charge in [-0.15, -0.1) is 0 Å². The lowest BCUT2D eigenvalue weighted by molar-refractivity contribution is 0.262. The average Bonchev–Trinajstić information content (AvgIpc) is 3.49. The normalized spacial score (nSPS) is 17.9. The maximum atomic E-state index is 11.7. The zero-order chi connectivity index (χ0) is 30.6. The summed E-state index contributed by atoms with van der Waals surface area (Å²) in [4.78, 5) is 3.73. The van der Waals surface area contributed by atoms with Gasteiger partial charge in [0.2, 0.25) is 5.88 Å². The van der Waals surface area contributed by atoms with Crippen LogP contribution in [0.3, 0.4) is 0 Å². The highest BCUT2D eigenvalue weighted by Gasteiger charge is 2.31. The Morgan fingerprint density at radius 3 is 2.53 bits per heavy atom. The molecule has 3 aromatic carbocycles. The Kier molecular flexibility index (Phi) is 9.75. The molecule has 2 aliphatic heterocycles. The average molecular weight is 647 g/mol.